The van der Waals surface area contributed by atoms with Gasteiger partial charge in [-0.1, -0.05) is 0 Å². The fourth-order valence-corrected chi connectivity index (χ4v) is 2.03. The number of ether oxygens (including phenoxy) is 2. The Labute approximate surface area is 95.5 Å². The smallest absolute Gasteiger partial charge is 0.323 e. The molecule has 5 heteroatoms. The minimum Gasteiger partial charge on any atom is -0.469 e. The summed E-state index contributed by atoms with van der Waals surface area (Å²) in [5.41, 5.74) is -0.661. The van der Waals surface area contributed by atoms with E-state index in [0.717, 1.165) is 0 Å². The number of rotatable bonds is 3. The van der Waals surface area contributed by atoms with Crippen LogP contribution in [0.2, 0.25) is 0 Å². The van der Waals surface area contributed by atoms with Crippen molar-refractivity contribution in [2.45, 2.75) is 39.3 Å². The van der Waals surface area contributed by atoms with E-state index in [2.05, 4.69) is 5.32 Å². The van der Waals surface area contributed by atoms with Crippen LogP contribution in [0, 0.1) is 5.41 Å². The van der Waals surface area contributed by atoms with E-state index in [1.54, 1.807) is 13.8 Å². The highest BCUT2D eigenvalue weighted by Crippen LogP contribution is 2.35. The Morgan fingerprint density at radius 2 is 2.12 bits per heavy atom. The van der Waals surface area contributed by atoms with Crippen LogP contribution in [0.5, 0.6) is 0 Å². The highest BCUT2D eigenvalue weighted by atomic mass is 16.5. The number of nitrogens with one attached hydrogen (secondary N) is 1. The summed E-state index contributed by atoms with van der Waals surface area (Å²) in [4.78, 5) is 23.2. The van der Waals surface area contributed by atoms with E-state index in [-0.39, 0.29) is 18.0 Å². The van der Waals surface area contributed by atoms with Crippen LogP contribution in [0.15, 0.2) is 0 Å². The summed E-state index contributed by atoms with van der Waals surface area (Å²) in [5, 5.41) is 3.07. The number of esters is 2. The molecule has 1 saturated heterocycles. The van der Waals surface area contributed by atoms with Crippen molar-refractivity contribution < 1.29 is 19.1 Å². The predicted molar refractivity (Wildman–Crippen MR) is 57.8 cm³/mol. The van der Waals surface area contributed by atoms with E-state index in [1.165, 1.54) is 7.11 Å². The van der Waals surface area contributed by atoms with Gasteiger partial charge in [0.15, 0.2) is 0 Å². The van der Waals surface area contributed by atoms with E-state index >= 15 is 0 Å². The molecule has 3 atom stereocenters. The van der Waals surface area contributed by atoms with Gasteiger partial charge in [-0.05, 0) is 27.2 Å². The lowest BCUT2D eigenvalue weighted by atomic mass is 9.82. The Bertz CT molecular complexity index is 292. The highest BCUT2D eigenvalue weighted by Gasteiger charge is 2.50. The van der Waals surface area contributed by atoms with Crippen molar-refractivity contribution >= 4 is 11.9 Å². The molecule has 92 valence electrons. The first kappa shape index (κ1) is 13.0. The quantitative estimate of drug-likeness (QED) is 0.713. The minimum absolute atomic E-state index is 0.102. The summed E-state index contributed by atoms with van der Waals surface area (Å²) in [6, 6.07) is -0.520. The summed E-state index contributed by atoms with van der Waals surface area (Å²) in [7, 11) is 1.36. The Balaban J connectivity index is 2.73. The Morgan fingerprint density at radius 1 is 1.50 bits per heavy atom. The molecule has 1 aliphatic heterocycles. The molecule has 0 aromatic carbocycles. The molecule has 1 N–H and O–H groups in total. The molecular weight excluding hydrogens is 210 g/mol. The zero-order valence-corrected chi connectivity index (χ0v) is 10.2. The summed E-state index contributed by atoms with van der Waals surface area (Å²) < 4.78 is 9.69. The molecule has 0 unspecified atom stereocenters. The SMILES string of the molecule is CCOC(=O)[C@@H]1C[C@](C)(C(=O)OC)[C@H](C)N1. The van der Waals surface area contributed by atoms with Crippen molar-refractivity contribution in [3.8, 4) is 0 Å². The Morgan fingerprint density at radius 3 is 2.62 bits per heavy atom. The second-order valence-electron chi connectivity index (χ2n) is 4.31. The zero-order chi connectivity index (χ0) is 12.3. The number of hydrogen-bond acceptors (Lipinski definition) is 5. The van der Waals surface area contributed by atoms with Crippen molar-refractivity contribution in [1.29, 1.82) is 0 Å². The van der Waals surface area contributed by atoms with Crippen LogP contribution in [-0.2, 0) is 19.1 Å². The maximum Gasteiger partial charge on any atom is 0.323 e. The first-order chi connectivity index (χ1) is 7.45. The van der Waals surface area contributed by atoms with Gasteiger partial charge in [-0.15, -0.1) is 0 Å². The van der Waals surface area contributed by atoms with Crippen molar-refractivity contribution in [3.63, 3.8) is 0 Å². The molecule has 1 aliphatic rings. The number of carbonyl (C=O) groups is 2. The maximum atomic E-state index is 11.7. The average Bonchev–Trinajstić information content (AvgIpc) is 2.56. The fraction of sp³-hybridized carbons (Fsp3) is 0.818. The van der Waals surface area contributed by atoms with E-state index in [9.17, 15) is 9.59 Å². The fourth-order valence-electron chi connectivity index (χ4n) is 2.03. The predicted octanol–water partition coefficient (Wildman–Crippen LogP) is 0.479. The zero-order valence-electron chi connectivity index (χ0n) is 10.2. The van der Waals surface area contributed by atoms with Gasteiger partial charge in [0, 0.05) is 6.04 Å². The molecule has 0 aromatic heterocycles. The second kappa shape index (κ2) is 4.82. The normalized spacial score (nSPS) is 33.5. The largest absolute Gasteiger partial charge is 0.469 e. The Kier molecular flexibility index (Phi) is 3.91. The molecule has 0 saturated carbocycles. The standard InChI is InChI=1S/C11H19NO4/c1-5-16-9(13)8-6-11(3,7(2)12-8)10(14)15-4/h7-8,12H,5-6H2,1-4H3/t7-,8-,11-/m0/s1. The first-order valence-corrected chi connectivity index (χ1v) is 5.46. The molecule has 0 spiro atoms. The molecule has 0 aromatic rings. The molecule has 1 rings (SSSR count). The van der Waals surface area contributed by atoms with Crippen LogP contribution >= 0.6 is 0 Å². The third-order valence-corrected chi connectivity index (χ3v) is 3.26. The van der Waals surface area contributed by atoms with Gasteiger partial charge in [0.2, 0.25) is 0 Å². The molecule has 0 radical (unpaired) electrons. The van der Waals surface area contributed by atoms with Gasteiger partial charge in [-0.3, -0.25) is 9.59 Å². The monoisotopic (exact) mass is 229 g/mol. The number of carbonyl (C=O) groups excluding carboxylic acids is 2. The second-order valence-corrected chi connectivity index (χ2v) is 4.31. The first-order valence-electron chi connectivity index (χ1n) is 5.46. The van der Waals surface area contributed by atoms with Crippen LogP contribution in [0.1, 0.15) is 27.2 Å². The molecule has 0 aliphatic carbocycles. The lowest BCUT2D eigenvalue weighted by Crippen LogP contribution is -2.40. The van der Waals surface area contributed by atoms with Gasteiger partial charge >= 0.3 is 11.9 Å². The molecule has 0 amide bonds. The summed E-state index contributed by atoms with van der Waals surface area (Å²) in [6.45, 7) is 5.78. The topological polar surface area (TPSA) is 64.6 Å². The van der Waals surface area contributed by atoms with Crippen LogP contribution in [0.3, 0.4) is 0 Å². The minimum atomic E-state index is -0.661. The van der Waals surface area contributed by atoms with Gasteiger partial charge in [-0.25, -0.2) is 0 Å². The van der Waals surface area contributed by atoms with Crippen LogP contribution in [0.4, 0.5) is 0 Å². The molecule has 1 fully saturated rings. The van der Waals surface area contributed by atoms with Crippen LogP contribution in [-0.4, -0.2) is 37.7 Å². The van der Waals surface area contributed by atoms with Crippen molar-refractivity contribution in [2.75, 3.05) is 13.7 Å². The van der Waals surface area contributed by atoms with Crippen molar-refractivity contribution in [1.82, 2.24) is 5.32 Å². The van der Waals surface area contributed by atoms with E-state index in [0.29, 0.717) is 13.0 Å². The van der Waals surface area contributed by atoms with Crippen LogP contribution in [0.25, 0.3) is 0 Å². The van der Waals surface area contributed by atoms with E-state index < -0.39 is 11.5 Å². The van der Waals surface area contributed by atoms with Gasteiger partial charge in [-0.2, -0.15) is 0 Å². The molecule has 0 bridgehead atoms. The Hall–Kier alpha value is -1.10. The summed E-state index contributed by atoms with van der Waals surface area (Å²) >= 11 is 0. The van der Waals surface area contributed by atoms with Gasteiger partial charge < -0.3 is 14.8 Å². The molecule has 16 heavy (non-hydrogen) atoms. The molecule has 5 nitrogen and oxygen atoms in total. The third kappa shape index (κ3) is 2.19. The lowest BCUT2D eigenvalue weighted by molar-refractivity contribution is -0.152. The number of hydrogen-bond donors (Lipinski definition) is 1. The van der Waals surface area contributed by atoms with Crippen LogP contribution < -0.4 is 5.32 Å². The third-order valence-electron chi connectivity index (χ3n) is 3.26. The summed E-state index contributed by atoms with van der Waals surface area (Å²) in [5.74, 6) is -0.596. The van der Waals surface area contributed by atoms with E-state index in [4.69, 9.17) is 9.47 Å². The van der Waals surface area contributed by atoms with Crippen molar-refractivity contribution in [3.05, 3.63) is 0 Å². The summed E-state index contributed by atoms with van der Waals surface area (Å²) in [6.07, 6.45) is 0.416. The number of methoxy groups -OCH3 is 1. The maximum absolute atomic E-state index is 11.7. The van der Waals surface area contributed by atoms with Gasteiger partial charge in [0.25, 0.3) is 0 Å². The molecular formula is C11H19NO4. The van der Waals surface area contributed by atoms with Gasteiger partial charge in [0.1, 0.15) is 6.04 Å². The van der Waals surface area contributed by atoms with E-state index in [1.807, 2.05) is 6.92 Å². The highest BCUT2D eigenvalue weighted by molar-refractivity contribution is 5.82. The van der Waals surface area contributed by atoms with Gasteiger partial charge in [0.05, 0.1) is 19.1 Å². The van der Waals surface area contributed by atoms with Crippen molar-refractivity contribution in [2.24, 2.45) is 5.41 Å². The average molecular weight is 229 g/mol. The molecule has 1 heterocycles. The lowest BCUT2D eigenvalue weighted by Gasteiger charge is -2.24.